The maximum absolute atomic E-state index is 12.1. The Hall–Kier alpha value is -1.48. The normalized spacial score (nSPS) is 13.0. The first kappa shape index (κ1) is 20.6. The lowest BCUT2D eigenvalue weighted by atomic mass is 10.0. The second kappa shape index (κ2) is 9.73. The van der Waals surface area contributed by atoms with Gasteiger partial charge < -0.3 is 15.4 Å². The summed E-state index contributed by atoms with van der Waals surface area (Å²) in [4.78, 5) is 12.3. The van der Waals surface area contributed by atoms with Gasteiger partial charge in [0.1, 0.15) is 0 Å². The summed E-state index contributed by atoms with van der Waals surface area (Å²) in [6.07, 6.45) is 0. The lowest BCUT2D eigenvalue weighted by molar-refractivity contribution is -0.122. The van der Waals surface area contributed by atoms with Crippen LogP contribution >= 0.6 is 0 Å². The van der Waals surface area contributed by atoms with Crippen molar-refractivity contribution >= 4 is 15.9 Å². The van der Waals surface area contributed by atoms with E-state index in [2.05, 4.69) is 10.6 Å². The lowest BCUT2D eigenvalue weighted by Crippen LogP contribution is -2.35. The van der Waals surface area contributed by atoms with Crippen molar-refractivity contribution in [2.45, 2.75) is 17.7 Å². The molecule has 136 valence electrons. The second-order valence-corrected chi connectivity index (χ2v) is 7.76. The molecule has 8 heteroatoms. The molecule has 1 aromatic rings. The summed E-state index contributed by atoms with van der Waals surface area (Å²) >= 11 is 0. The fourth-order valence-electron chi connectivity index (χ4n) is 2.02. The number of carbonyl (C=O) groups is 1. The van der Waals surface area contributed by atoms with E-state index in [1.807, 2.05) is 0 Å². The van der Waals surface area contributed by atoms with E-state index >= 15 is 0 Å². The number of benzene rings is 1. The average Bonchev–Trinajstić information content (AvgIpc) is 2.57. The molecule has 0 aliphatic rings. The Balaban J connectivity index is 2.56. The number of nitrogens with one attached hydrogen (secondary N) is 2. The fourth-order valence-corrected chi connectivity index (χ4v) is 2.92. The number of ether oxygens (including phenoxy) is 1. The summed E-state index contributed by atoms with van der Waals surface area (Å²) in [5.41, 5.74) is 0.776. The smallest absolute Gasteiger partial charge is 0.242 e. The highest BCUT2D eigenvalue weighted by atomic mass is 32.2. The van der Waals surface area contributed by atoms with Gasteiger partial charge in [-0.05, 0) is 24.6 Å². The highest BCUT2D eigenvalue weighted by Crippen LogP contribution is 2.19. The zero-order chi connectivity index (χ0) is 18.2. The molecule has 7 nitrogen and oxygen atoms in total. The molecule has 0 saturated carbocycles. The van der Waals surface area contributed by atoms with Crippen LogP contribution in [0.3, 0.4) is 0 Å². The van der Waals surface area contributed by atoms with Crippen LogP contribution in [0.4, 0.5) is 0 Å². The zero-order valence-electron chi connectivity index (χ0n) is 14.7. The van der Waals surface area contributed by atoms with Gasteiger partial charge >= 0.3 is 0 Å². The molecule has 0 radical (unpaired) electrons. The van der Waals surface area contributed by atoms with Crippen LogP contribution in [0.1, 0.15) is 18.4 Å². The third-order valence-electron chi connectivity index (χ3n) is 3.64. The standard InChI is InChI=1S/C16H27N3O4S/c1-13(16(20)18-10-9-17-11-12-23-4)14-5-7-15(8-6-14)24(21,22)19(2)3/h5-8,13,17H,9-12H2,1-4H3,(H,18,20). The Bertz CT molecular complexity index is 615. The molecule has 1 rings (SSSR count). The van der Waals surface area contributed by atoms with E-state index in [-0.39, 0.29) is 16.7 Å². The minimum absolute atomic E-state index is 0.0910. The maximum atomic E-state index is 12.1. The van der Waals surface area contributed by atoms with Crippen LogP contribution in [-0.4, -0.2) is 66.1 Å². The summed E-state index contributed by atoms with van der Waals surface area (Å²) in [5, 5.41) is 6.00. The molecule has 0 aliphatic carbocycles. The van der Waals surface area contributed by atoms with Crippen LogP contribution < -0.4 is 10.6 Å². The van der Waals surface area contributed by atoms with E-state index in [9.17, 15) is 13.2 Å². The van der Waals surface area contributed by atoms with Crippen LogP contribution in [0.25, 0.3) is 0 Å². The molecule has 1 aromatic carbocycles. The summed E-state index contributed by atoms with van der Waals surface area (Å²) in [6.45, 7) is 4.36. The predicted octanol–water partition coefficient (Wildman–Crippen LogP) is 0.393. The summed E-state index contributed by atoms with van der Waals surface area (Å²) in [6, 6.07) is 6.41. The van der Waals surface area contributed by atoms with Crippen LogP contribution in [-0.2, 0) is 19.6 Å². The van der Waals surface area contributed by atoms with Gasteiger partial charge in [-0.1, -0.05) is 12.1 Å². The van der Waals surface area contributed by atoms with Gasteiger partial charge in [-0.2, -0.15) is 0 Å². The van der Waals surface area contributed by atoms with E-state index in [0.717, 1.165) is 16.4 Å². The topological polar surface area (TPSA) is 87.7 Å². The Labute approximate surface area is 144 Å². The van der Waals surface area contributed by atoms with E-state index in [1.54, 1.807) is 26.2 Å². The Morgan fingerprint density at radius 1 is 1.17 bits per heavy atom. The van der Waals surface area contributed by atoms with Crippen molar-refractivity contribution in [3.8, 4) is 0 Å². The largest absolute Gasteiger partial charge is 0.383 e. The van der Waals surface area contributed by atoms with Crippen LogP contribution in [0.15, 0.2) is 29.2 Å². The number of rotatable bonds is 10. The SMILES string of the molecule is COCCNCCNC(=O)C(C)c1ccc(S(=O)(=O)N(C)C)cc1. The number of amides is 1. The molecule has 2 N–H and O–H groups in total. The second-order valence-electron chi connectivity index (χ2n) is 5.61. The van der Waals surface area contributed by atoms with Gasteiger partial charge in [0.2, 0.25) is 15.9 Å². The molecular weight excluding hydrogens is 330 g/mol. The zero-order valence-corrected chi connectivity index (χ0v) is 15.5. The number of sulfonamides is 1. The van der Waals surface area contributed by atoms with Crippen molar-refractivity contribution in [3.63, 3.8) is 0 Å². The van der Waals surface area contributed by atoms with Gasteiger partial charge in [0.15, 0.2) is 0 Å². The molecule has 0 aromatic heterocycles. The average molecular weight is 357 g/mol. The van der Waals surface area contributed by atoms with E-state index in [1.165, 1.54) is 26.2 Å². The van der Waals surface area contributed by atoms with Gasteiger partial charge in [-0.15, -0.1) is 0 Å². The van der Waals surface area contributed by atoms with Crippen LogP contribution in [0.5, 0.6) is 0 Å². The Morgan fingerprint density at radius 2 is 1.79 bits per heavy atom. The quantitative estimate of drug-likeness (QED) is 0.592. The third kappa shape index (κ3) is 5.86. The highest BCUT2D eigenvalue weighted by molar-refractivity contribution is 7.89. The molecular formula is C16H27N3O4S. The minimum Gasteiger partial charge on any atom is -0.383 e. The van der Waals surface area contributed by atoms with Gasteiger partial charge in [0.05, 0.1) is 17.4 Å². The van der Waals surface area contributed by atoms with Gasteiger partial charge in [0, 0.05) is 40.8 Å². The van der Waals surface area contributed by atoms with Crippen molar-refractivity contribution in [1.82, 2.24) is 14.9 Å². The van der Waals surface area contributed by atoms with E-state index < -0.39 is 10.0 Å². The van der Waals surface area contributed by atoms with Crippen molar-refractivity contribution in [1.29, 1.82) is 0 Å². The number of hydrogen-bond donors (Lipinski definition) is 2. The fraction of sp³-hybridized carbons (Fsp3) is 0.562. The molecule has 1 atom stereocenters. The molecule has 0 bridgehead atoms. The molecule has 1 unspecified atom stereocenters. The van der Waals surface area contributed by atoms with Crippen molar-refractivity contribution in [2.75, 3.05) is 47.4 Å². The lowest BCUT2D eigenvalue weighted by Gasteiger charge is -2.15. The first-order valence-electron chi connectivity index (χ1n) is 7.80. The van der Waals surface area contributed by atoms with Crippen molar-refractivity contribution in [3.05, 3.63) is 29.8 Å². The van der Waals surface area contributed by atoms with Crippen LogP contribution in [0, 0.1) is 0 Å². The monoisotopic (exact) mass is 357 g/mol. The molecule has 1 amide bonds. The van der Waals surface area contributed by atoms with Gasteiger partial charge in [-0.3, -0.25) is 4.79 Å². The molecule has 0 spiro atoms. The number of carbonyl (C=O) groups excluding carboxylic acids is 1. The summed E-state index contributed by atoms with van der Waals surface area (Å²) < 4.78 is 30.1. The summed E-state index contributed by atoms with van der Waals surface area (Å²) in [7, 11) is 1.16. The maximum Gasteiger partial charge on any atom is 0.242 e. The minimum atomic E-state index is -3.45. The molecule has 0 saturated heterocycles. The molecule has 0 fully saturated rings. The molecule has 0 heterocycles. The highest BCUT2D eigenvalue weighted by Gasteiger charge is 2.19. The van der Waals surface area contributed by atoms with Gasteiger partial charge in [0.25, 0.3) is 0 Å². The van der Waals surface area contributed by atoms with Crippen LogP contribution in [0.2, 0.25) is 0 Å². The Kier molecular flexibility index (Phi) is 8.34. The Morgan fingerprint density at radius 3 is 2.33 bits per heavy atom. The van der Waals surface area contributed by atoms with Crippen molar-refractivity contribution < 1.29 is 17.9 Å². The van der Waals surface area contributed by atoms with Crippen molar-refractivity contribution in [2.24, 2.45) is 0 Å². The first-order valence-corrected chi connectivity index (χ1v) is 9.24. The van der Waals surface area contributed by atoms with Gasteiger partial charge in [-0.25, -0.2) is 12.7 Å². The molecule has 0 aliphatic heterocycles. The first-order chi connectivity index (χ1) is 11.3. The number of hydrogen-bond acceptors (Lipinski definition) is 5. The summed E-state index contributed by atoms with van der Waals surface area (Å²) in [5.74, 6) is -0.438. The number of methoxy groups -OCH3 is 1. The number of nitrogens with zero attached hydrogens (tertiary/aromatic N) is 1. The van der Waals surface area contributed by atoms with E-state index in [4.69, 9.17) is 4.74 Å². The molecule has 24 heavy (non-hydrogen) atoms. The predicted molar refractivity (Wildman–Crippen MR) is 93.5 cm³/mol. The third-order valence-corrected chi connectivity index (χ3v) is 5.47. The van der Waals surface area contributed by atoms with E-state index in [0.29, 0.717) is 19.7 Å².